The molecule has 2 aliphatic heterocycles. The maximum Gasteiger partial charge on any atom is 0.224 e. The van der Waals surface area contributed by atoms with Gasteiger partial charge in [-0.25, -0.2) is 0 Å². The summed E-state index contributed by atoms with van der Waals surface area (Å²) in [6.07, 6.45) is 3.12. The van der Waals surface area contributed by atoms with Gasteiger partial charge in [-0.3, -0.25) is 9.69 Å². The van der Waals surface area contributed by atoms with Gasteiger partial charge in [-0.2, -0.15) is 0 Å². The van der Waals surface area contributed by atoms with Gasteiger partial charge in [-0.15, -0.1) is 24.8 Å². The molecule has 3 rings (SSSR count). The fourth-order valence-electron chi connectivity index (χ4n) is 3.27. The van der Waals surface area contributed by atoms with E-state index in [4.69, 9.17) is 0 Å². The lowest BCUT2D eigenvalue weighted by atomic mass is 10.0. The number of rotatable bonds is 4. The van der Waals surface area contributed by atoms with Crippen LogP contribution in [0.15, 0.2) is 30.3 Å². The summed E-state index contributed by atoms with van der Waals surface area (Å²) in [7, 11) is 0. The molecule has 23 heavy (non-hydrogen) atoms. The van der Waals surface area contributed by atoms with Crippen molar-refractivity contribution in [1.82, 2.24) is 15.5 Å². The van der Waals surface area contributed by atoms with Gasteiger partial charge in [-0.05, 0) is 31.4 Å². The van der Waals surface area contributed by atoms with Crippen molar-refractivity contribution in [1.29, 1.82) is 0 Å². The molecule has 0 bridgehead atoms. The van der Waals surface area contributed by atoms with Crippen LogP contribution in [0.2, 0.25) is 0 Å². The molecule has 2 aliphatic rings. The van der Waals surface area contributed by atoms with E-state index in [1.54, 1.807) is 0 Å². The third-order valence-electron chi connectivity index (χ3n) is 4.61. The fraction of sp³-hybridized carbons (Fsp3) is 0.588. The predicted molar refractivity (Wildman–Crippen MR) is 98.4 cm³/mol. The van der Waals surface area contributed by atoms with E-state index < -0.39 is 0 Å². The van der Waals surface area contributed by atoms with Crippen LogP contribution >= 0.6 is 24.8 Å². The molecule has 0 spiro atoms. The van der Waals surface area contributed by atoms with Crippen molar-refractivity contribution < 1.29 is 4.79 Å². The monoisotopic (exact) mass is 359 g/mol. The van der Waals surface area contributed by atoms with Crippen molar-refractivity contribution in [3.8, 4) is 0 Å². The summed E-state index contributed by atoms with van der Waals surface area (Å²) in [5.41, 5.74) is 1.37. The number of carbonyl (C=O) groups excluding carboxylic acids is 1. The average Bonchev–Trinajstić information content (AvgIpc) is 3.05. The Kier molecular flexibility index (Phi) is 8.92. The third-order valence-corrected chi connectivity index (χ3v) is 4.61. The van der Waals surface area contributed by atoms with Gasteiger partial charge in [0, 0.05) is 32.2 Å². The number of benzene rings is 1. The Morgan fingerprint density at radius 2 is 1.83 bits per heavy atom. The van der Waals surface area contributed by atoms with Crippen LogP contribution in [0.5, 0.6) is 0 Å². The highest BCUT2D eigenvalue weighted by atomic mass is 35.5. The number of hydrogen-bond donors (Lipinski definition) is 2. The molecule has 2 heterocycles. The molecule has 0 saturated carbocycles. The zero-order chi connectivity index (χ0) is 14.5. The molecule has 2 N–H and O–H groups in total. The normalized spacial score (nSPS) is 22.0. The summed E-state index contributed by atoms with van der Waals surface area (Å²) < 4.78 is 0. The maximum absolute atomic E-state index is 12.1. The summed E-state index contributed by atoms with van der Waals surface area (Å²) >= 11 is 0. The number of nitrogens with one attached hydrogen (secondary N) is 2. The Morgan fingerprint density at radius 3 is 2.43 bits per heavy atom. The molecular weight excluding hydrogens is 333 g/mol. The quantitative estimate of drug-likeness (QED) is 0.866. The minimum Gasteiger partial charge on any atom is -0.353 e. The van der Waals surface area contributed by atoms with Crippen LogP contribution < -0.4 is 10.6 Å². The molecule has 130 valence electrons. The highest BCUT2D eigenvalue weighted by Crippen LogP contribution is 2.15. The van der Waals surface area contributed by atoms with Crippen molar-refractivity contribution in [3.05, 3.63) is 35.9 Å². The first-order valence-electron chi connectivity index (χ1n) is 8.08. The number of hydrogen-bond acceptors (Lipinski definition) is 3. The second kappa shape index (κ2) is 10.1. The van der Waals surface area contributed by atoms with Crippen LogP contribution in [-0.4, -0.2) is 43.0 Å². The highest BCUT2D eigenvalue weighted by molar-refractivity contribution is 5.85. The van der Waals surface area contributed by atoms with Crippen LogP contribution in [0.1, 0.15) is 24.8 Å². The van der Waals surface area contributed by atoms with E-state index in [2.05, 4.69) is 45.9 Å². The van der Waals surface area contributed by atoms with Crippen molar-refractivity contribution in [3.63, 3.8) is 0 Å². The van der Waals surface area contributed by atoms with E-state index in [1.165, 1.54) is 5.56 Å². The van der Waals surface area contributed by atoms with Crippen molar-refractivity contribution in [2.24, 2.45) is 5.92 Å². The lowest BCUT2D eigenvalue weighted by molar-refractivity contribution is -0.125. The predicted octanol–water partition coefficient (Wildman–Crippen LogP) is 2.22. The Bertz CT molecular complexity index is 458. The fourth-order valence-corrected chi connectivity index (χ4v) is 3.27. The van der Waals surface area contributed by atoms with Gasteiger partial charge in [0.1, 0.15) is 0 Å². The zero-order valence-electron chi connectivity index (χ0n) is 13.4. The standard InChI is InChI=1S/C17H25N3O.2ClH/c21-17(15-6-9-18-12-15)19-16-7-10-20(11-8-16)13-14-4-2-1-3-5-14;;/h1-5,15-16,18H,6-13H2,(H,19,21);2*1H. The van der Waals surface area contributed by atoms with E-state index in [0.717, 1.165) is 52.0 Å². The topological polar surface area (TPSA) is 44.4 Å². The lowest BCUT2D eigenvalue weighted by Gasteiger charge is -2.32. The number of halogens is 2. The second-order valence-electron chi connectivity index (χ2n) is 6.23. The van der Waals surface area contributed by atoms with Gasteiger partial charge in [0.25, 0.3) is 0 Å². The summed E-state index contributed by atoms with van der Waals surface area (Å²) in [6.45, 7) is 4.99. The van der Waals surface area contributed by atoms with Crippen molar-refractivity contribution >= 4 is 30.7 Å². The third kappa shape index (κ3) is 5.96. The molecule has 0 radical (unpaired) electrons. The summed E-state index contributed by atoms with van der Waals surface area (Å²) in [5.74, 6) is 0.439. The molecule has 1 unspecified atom stereocenters. The second-order valence-corrected chi connectivity index (χ2v) is 6.23. The van der Waals surface area contributed by atoms with Gasteiger partial charge >= 0.3 is 0 Å². The van der Waals surface area contributed by atoms with Crippen LogP contribution in [0.4, 0.5) is 0 Å². The maximum atomic E-state index is 12.1. The van der Waals surface area contributed by atoms with Crippen LogP contribution in [0.3, 0.4) is 0 Å². The molecule has 0 aliphatic carbocycles. The minimum absolute atomic E-state index is 0. The molecule has 1 atom stereocenters. The summed E-state index contributed by atoms with van der Waals surface area (Å²) in [5, 5.41) is 6.50. The molecule has 1 aromatic rings. The summed E-state index contributed by atoms with van der Waals surface area (Å²) in [6, 6.07) is 11.0. The van der Waals surface area contributed by atoms with Crippen molar-refractivity contribution in [2.75, 3.05) is 26.2 Å². The van der Waals surface area contributed by atoms with E-state index >= 15 is 0 Å². The molecule has 1 amide bonds. The molecule has 4 nitrogen and oxygen atoms in total. The molecule has 2 saturated heterocycles. The number of carbonyl (C=O) groups is 1. The number of amides is 1. The van der Waals surface area contributed by atoms with Crippen LogP contribution in [-0.2, 0) is 11.3 Å². The van der Waals surface area contributed by atoms with Gasteiger partial charge in [0.05, 0.1) is 5.92 Å². The first-order chi connectivity index (χ1) is 10.3. The first-order valence-corrected chi connectivity index (χ1v) is 8.08. The molecule has 1 aromatic carbocycles. The van der Waals surface area contributed by atoms with E-state index in [1.807, 2.05) is 0 Å². The van der Waals surface area contributed by atoms with Crippen LogP contribution in [0.25, 0.3) is 0 Å². The number of piperidine rings is 1. The van der Waals surface area contributed by atoms with E-state index in [0.29, 0.717) is 6.04 Å². The lowest BCUT2D eigenvalue weighted by Crippen LogP contribution is -2.46. The number of nitrogens with zero attached hydrogens (tertiary/aromatic N) is 1. The van der Waals surface area contributed by atoms with Gasteiger partial charge < -0.3 is 10.6 Å². The minimum atomic E-state index is 0. The Labute approximate surface area is 151 Å². The van der Waals surface area contributed by atoms with Crippen molar-refractivity contribution in [2.45, 2.75) is 31.8 Å². The number of likely N-dealkylation sites (tertiary alicyclic amines) is 1. The smallest absolute Gasteiger partial charge is 0.224 e. The molecule has 6 heteroatoms. The van der Waals surface area contributed by atoms with Gasteiger partial charge in [-0.1, -0.05) is 30.3 Å². The SMILES string of the molecule is Cl.Cl.O=C(NC1CCN(Cc2ccccc2)CC1)C1CCNC1. The molecular formula is C17H27Cl2N3O. The Morgan fingerprint density at radius 1 is 1.13 bits per heavy atom. The molecule has 2 fully saturated rings. The molecule has 0 aromatic heterocycles. The zero-order valence-corrected chi connectivity index (χ0v) is 15.0. The summed E-state index contributed by atoms with van der Waals surface area (Å²) in [4.78, 5) is 14.6. The van der Waals surface area contributed by atoms with Crippen LogP contribution in [0, 0.1) is 5.92 Å². The average molecular weight is 360 g/mol. The van der Waals surface area contributed by atoms with Gasteiger partial charge in [0.2, 0.25) is 5.91 Å². The highest BCUT2D eigenvalue weighted by Gasteiger charge is 2.26. The van der Waals surface area contributed by atoms with E-state index in [9.17, 15) is 4.79 Å². The first kappa shape index (κ1) is 20.2. The van der Waals surface area contributed by atoms with E-state index in [-0.39, 0.29) is 36.6 Å². The van der Waals surface area contributed by atoms with Gasteiger partial charge in [0.15, 0.2) is 0 Å². The Balaban J connectivity index is 0.00000132. The largest absolute Gasteiger partial charge is 0.353 e. The Hall–Kier alpha value is -0.810.